The molecule has 0 saturated heterocycles. The van der Waals surface area contributed by atoms with Crippen LogP contribution in [-0.4, -0.2) is 19.6 Å². The fraction of sp³-hybridized carbons (Fsp3) is 0.538. The van der Waals surface area contributed by atoms with Crippen LogP contribution in [0.15, 0.2) is 18.5 Å². The Morgan fingerprint density at radius 1 is 1.42 bits per heavy atom. The van der Waals surface area contributed by atoms with Crippen molar-refractivity contribution >= 4 is 0 Å². The molecule has 2 aromatic heterocycles. The molecule has 1 unspecified atom stereocenters. The summed E-state index contributed by atoms with van der Waals surface area (Å²) in [6, 6.07) is 2.23. The van der Waals surface area contributed by atoms with Crippen LogP contribution in [0.3, 0.4) is 0 Å². The topological polar surface area (TPSA) is 73.7 Å². The Hall–Kier alpha value is -1.66. The van der Waals surface area contributed by atoms with Gasteiger partial charge >= 0.3 is 0 Å². The third-order valence-corrected chi connectivity index (χ3v) is 3.37. The third-order valence-electron chi connectivity index (χ3n) is 3.37. The summed E-state index contributed by atoms with van der Waals surface area (Å²) in [5.41, 5.74) is 6.33. The molecule has 1 atom stereocenters. The predicted octanol–water partition coefficient (Wildman–Crippen LogP) is 0.853. The van der Waals surface area contributed by atoms with Gasteiger partial charge in [0.25, 0.3) is 0 Å². The van der Waals surface area contributed by atoms with Crippen molar-refractivity contribution in [3.63, 3.8) is 0 Å². The zero-order valence-corrected chi connectivity index (χ0v) is 11.8. The SMILES string of the molecule is CCc1cc(C(CCc2cnn(C)c2)NN)n(C)n1. The lowest BCUT2D eigenvalue weighted by Gasteiger charge is -2.15. The maximum Gasteiger partial charge on any atom is 0.0632 e. The van der Waals surface area contributed by atoms with E-state index in [1.54, 1.807) is 0 Å². The van der Waals surface area contributed by atoms with E-state index < -0.39 is 0 Å². The van der Waals surface area contributed by atoms with Crippen molar-refractivity contribution in [2.45, 2.75) is 32.2 Å². The van der Waals surface area contributed by atoms with E-state index in [0.717, 1.165) is 30.7 Å². The molecular weight excluding hydrogens is 240 g/mol. The average molecular weight is 262 g/mol. The van der Waals surface area contributed by atoms with Gasteiger partial charge in [-0.2, -0.15) is 10.2 Å². The Bertz CT molecular complexity index is 527. The zero-order chi connectivity index (χ0) is 13.8. The molecule has 0 aliphatic heterocycles. The van der Waals surface area contributed by atoms with Crippen LogP contribution in [0.2, 0.25) is 0 Å². The Balaban J connectivity index is 2.05. The molecule has 0 bridgehead atoms. The van der Waals surface area contributed by atoms with Gasteiger partial charge in [0.1, 0.15) is 0 Å². The second-order valence-corrected chi connectivity index (χ2v) is 4.82. The molecule has 6 nitrogen and oxygen atoms in total. The number of aryl methyl sites for hydroxylation is 4. The predicted molar refractivity (Wildman–Crippen MR) is 74.2 cm³/mol. The Morgan fingerprint density at radius 3 is 2.74 bits per heavy atom. The molecule has 0 aliphatic rings. The lowest BCUT2D eigenvalue weighted by atomic mass is 10.1. The minimum Gasteiger partial charge on any atom is -0.276 e. The molecule has 0 spiro atoms. The number of aromatic nitrogens is 4. The van der Waals surface area contributed by atoms with Crippen LogP contribution in [0.1, 0.15) is 36.3 Å². The van der Waals surface area contributed by atoms with Gasteiger partial charge in [0, 0.05) is 20.3 Å². The van der Waals surface area contributed by atoms with Crippen LogP contribution >= 0.6 is 0 Å². The molecule has 0 radical (unpaired) electrons. The van der Waals surface area contributed by atoms with E-state index in [1.807, 2.05) is 35.9 Å². The van der Waals surface area contributed by atoms with Gasteiger partial charge in [-0.25, -0.2) is 0 Å². The minimum atomic E-state index is 0.109. The first-order valence-corrected chi connectivity index (χ1v) is 6.60. The minimum absolute atomic E-state index is 0.109. The first-order valence-electron chi connectivity index (χ1n) is 6.60. The number of rotatable bonds is 6. The summed E-state index contributed by atoms with van der Waals surface area (Å²) in [5.74, 6) is 5.68. The van der Waals surface area contributed by atoms with E-state index in [2.05, 4.69) is 28.6 Å². The standard InChI is InChI=1S/C13H22N6/c1-4-11-7-13(19(3)17-11)12(16-14)6-5-10-8-15-18(2)9-10/h7-9,12,16H,4-6,14H2,1-3H3. The van der Waals surface area contributed by atoms with Crippen LogP contribution < -0.4 is 11.3 Å². The van der Waals surface area contributed by atoms with Crippen molar-refractivity contribution in [1.29, 1.82) is 0 Å². The number of nitrogens with one attached hydrogen (secondary N) is 1. The van der Waals surface area contributed by atoms with Gasteiger partial charge in [0.05, 0.1) is 23.6 Å². The van der Waals surface area contributed by atoms with Crippen molar-refractivity contribution in [2.75, 3.05) is 0 Å². The average Bonchev–Trinajstić information content (AvgIpc) is 2.97. The molecule has 2 aromatic rings. The van der Waals surface area contributed by atoms with Crippen LogP contribution in [0.5, 0.6) is 0 Å². The van der Waals surface area contributed by atoms with Crippen molar-refractivity contribution < 1.29 is 0 Å². The van der Waals surface area contributed by atoms with E-state index in [0.29, 0.717) is 0 Å². The van der Waals surface area contributed by atoms with Crippen molar-refractivity contribution in [2.24, 2.45) is 19.9 Å². The third kappa shape index (κ3) is 3.21. The molecule has 104 valence electrons. The lowest BCUT2D eigenvalue weighted by Crippen LogP contribution is -2.29. The van der Waals surface area contributed by atoms with Gasteiger partial charge in [-0.1, -0.05) is 6.92 Å². The van der Waals surface area contributed by atoms with E-state index in [4.69, 9.17) is 5.84 Å². The largest absolute Gasteiger partial charge is 0.276 e. The van der Waals surface area contributed by atoms with Crippen molar-refractivity contribution in [3.05, 3.63) is 35.4 Å². The highest BCUT2D eigenvalue weighted by Gasteiger charge is 2.15. The van der Waals surface area contributed by atoms with E-state index in [-0.39, 0.29) is 6.04 Å². The van der Waals surface area contributed by atoms with Crippen LogP contribution in [0.25, 0.3) is 0 Å². The first kappa shape index (κ1) is 13.8. The molecule has 0 aliphatic carbocycles. The molecule has 0 amide bonds. The molecule has 0 aromatic carbocycles. The summed E-state index contributed by atoms with van der Waals surface area (Å²) in [6.45, 7) is 2.10. The van der Waals surface area contributed by atoms with Crippen molar-refractivity contribution in [3.8, 4) is 0 Å². The van der Waals surface area contributed by atoms with Gasteiger partial charge in [-0.05, 0) is 30.9 Å². The number of nitrogens with two attached hydrogens (primary N) is 1. The molecule has 3 N–H and O–H groups in total. The maximum atomic E-state index is 5.68. The number of hydrogen-bond donors (Lipinski definition) is 2. The highest BCUT2D eigenvalue weighted by Crippen LogP contribution is 2.19. The quantitative estimate of drug-likeness (QED) is 0.598. The molecule has 6 heteroatoms. The van der Waals surface area contributed by atoms with Gasteiger partial charge in [0.2, 0.25) is 0 Å². The normalized spacial score (nSPS) is 12.8. The number of hydrazine groups is 1. The molecule has 2 heterocycles. The first-order chi connectivity index (χ1) is 9.13. The van der Waals surface area contributed by atoms with Gasteiger partial charge in [-0.15, -0.1) is 0 Å². The monoisotopic (exact) mass is 262 g/mol. The Kier molecular flexibility index (Phi) is 4.34. The van der Waals surface area contributed by atoms with Crippen molar-refractivity contribution in [1.82, 2.24) is 25.0 Å². The summed E-state index contributed by atoms with van der Waals surface area (Å²) < 4.78 is 3.73. The van der Waals surface area contributed by atoms with Crippen LogP contribution in [0, 0.1) is 0 Å². The molecule has 19 heavy (non-hydrogen) atoms. The molecule has 2 rings (SSSR count). The fourth-order valence-corrected chi connectivity index (χ4v) is 2.27. The second kappa shape index (κ2) is 5.99. The summed E-state index contributed by atoms with van der Waals surface area (Å²) in [4.78, 5) is 0. The lowest BCUT2D eigenvalue weighted by molar-refractivity contribution is 0.480. The Labute approximate surface area is 113 Å². The summed E-state index contributed by atoms with van der Waals surface area (Å²) in [5, 5.41) is 8.64. The summed E-state index contributed by atoms with van der Waals surface area (Å²) >= 11 is 0. The summed E-state index contributed by atoms with van der Waals surface area (Å²) in [7, 11) is 3.89. The molecule has 0 fully saturated rings. The van der Waals surface area contributed by atoms with E-state index >= 15 is 0 Å². The Morgan fingerprint density at radius 2 is 2.21 bits per heavy atom. The molecule has 0 saturated carbocycles. The highest BCUT2D eigenvalue weighted by atomic mass is 15.3. The van der Waals surface area contributed by atoms with E-state index in [9.17, 15) is 0 Å². The second-order valence-electron chi connectivity index (χ2n) is 4.82. The smallest absolute Gasteiger partial charge is 0.0632 e. The number of nitrogens with zero attached hydrogens (tertiary/aromatic N) is 4. The zero-order valence-electron chi connectivity index (χ0n) is 11.8. The van der Waals surface area contributed by atoms with Gasteiger partial charge in [-0.3, -0.25) is 20.6 Å². The maximum absolute atomic E-state index is 5.68. The molecular formula is C13H22N6. The fourth-order valence-electron chi connectivity index (χ4n) is 2.27. The van der Waals surface area contributed by atoms with Gasteiger partial charge < -0.3 is 0 Å². The number of hydrogen-bond acceptors (Lipinski definition) is 4. The van der Waals surface area contributed by atoms with Crippen LogP contribution in [0.4, 0.5) is 0 Å². The van der Waals surface area contributed by atoms with Gasteiger partial charge in [0.15, 0.2) is 0 Å². The van der Waals surface area contributed by atoms with Crippen LogP contribution in [-0.2, 0) is 26.9 Å². The van der Waals surface area contributed by atoms with E-state index in [1.165, 1.54) is 5.56 Å². The highest BCUT2D eigenvalue weighted by molar-refractivity contribution is 5.15. The summed E-state index contributed by atoms with van der Waals surface area (Å²) in [6.07, 6.45) is 6.73.